The molecule has 2 aromatic rings. The van der Waals surface area contributed by atoms with Gasteiger partial charge in [0.2, 0.25) is 23.6 Å². The smallest absolute Gasteiger partial charge is 0.326 e. The molecule has 4 amide bonds. The van der Waals surface area contributed by atoms with E-state index in [1.54, 1.807) is 20.0 Å². The Labute approximate surface area is 213 Å². The maximum atomic E-state index is 13.1. The first-order chi connectivity index (χ1) is 16.9. The molecule has 1 heterocycles. The van der Waals surface area contributed by atoms with Crippen molar-refractivity contribution in [3.8, 4) is 0 Å². The minimum atomic E-state index is -1.58. The van der Waals surface area contributed by atoms with Gasteiger partial charge >= 0.3 is 5.97 Å². The average Bonchev–Trinajstić information content (AvgIpc) is 3.23. The van der Waals surface area contributed by atoms with Crippen LogP contribution in [0.1, 0.15) is 25.8 Å². The topological polar surface area (TPSA) is 209 Å². The highest BCUT2D eigenvalue weighted by Crippen LogP contribution is 2.19. The number of hydrogen-bond acceptors (Lipinski definition) is 7. The van der Waals surface area contributed by atoms with E-state index in [1.807, 2.05) is 24.3 Å². The molecule has 0 bridgehead atoms. The molecule has 0 fully saturated rings. The van der Waals surface area contributed by atoms with Crippen molar-refractivity contribution in [2.75, 3.05) is 5.75 Å². The molecule has 196 valence electrons. The van der Waals surface area contributed by atoms with Crippen molar-refractivity contribution in [3.63, 3.8) is 0 Å². The van der Waals surface area contributed by atoms with Crippen LogP contribution in [0.15, 0.2) is 30.5 Å². The molecule has 4 unspecified atom stereocenters. The van der Waals surface area contributed by atoms with E-state index in [-0.39, 0.29) is 18.1 Å². The van der Waals surface area contributed by atoms with Crippen LogP contribution in [0, 0.1) is 5.92 Å². The van der Waals surface area contributed by atoms with E-state index in [0.717, 1.165) is 10.9 Å². The lowest BCUT2D eigenvalue weighted by Crippen LogP contribution is -2.58. The van der Waals surface area contributed by atoms with Gasteiger partial charge in [0, 0.05) is 29.3 Å². The number of carboxylic acid groups (broad SMARTS) is 1. The van der Waals surface area contributed by atoms with E-state index < -0.39 is 60.2 Å². The Bertz CT molecular complexity index is 1120. The lowest BCUT2D eigenvalue weighted by atomic mass is 10.0. The van der Waals surface area contributed by atoms with Crippen LogP contribution in [0.4, 0.5) is 0 Å². The van der Waals surface area contributed by atoms with Crippen LogP contribution in [0.5, 0.6) is 0 Å². The third-order valence-corrected chi connectivity index (χ3v) is 5.95. The summed E-state index contributed by atoms with van der Waals surface area (Å²) in [6, 6.07) is 2.52. The molecule has 9 N–H and O–H groups in total. The predicted molar refractivity (Wildman–Crippen MR) is 136 cm³/mol. The Morgan fingerprint density at radius 1 is 0.972 bits per heavy atom. The van der Waals surface area contributed by atoms with Gasteiger partial charge in [0.15, 0.2) is 0 Å². The normalized spacial score (nSPS) is 14.5. The van der Waals surface area contributed by atoms with E-state index >= 15 is 0 Å². The molecule has 0 aliphatic rings. The van der Waals surface area contributed by atoms with E-state index in [2.05, 4.69) is 33.6 Å². The number of benzene rings is 1. The van der Waals surface area contributed by atoms with Crippen molar-refractivity contribution in [2.24, 2.45) is 17.4 Å². The summed E-state index contributed by atoms with van der Waals surface area (Å²) in [6.45, 7) is 3.51. The number of nitrogens with two attached hydrogens (primary N) is 2. The first-order valence-electron chi connectivity index (χ1n) is 11.3. The number of aliphatic carboxylic acids is 1. The van der Waals surface area contributed by atoms with Gasteiger partial charge in [-0.3, -0.25) is 19.2 Å². The molecule has 1 aromatic carbocycles. The van der Waals surface area contributed by atoms with Crippen LogP contribution in [0.25, 0.3) is 10.9 Å². The number of carboxylic acids is 1. The first kappa shape index (κ1) is 28.7. The zero-order valence-electron chi connectivity index (χ0n) is 20.0. The monoisotopic (exact) mass is 520 g/mol. The molecular formula is C23H32N6O6S. The van der Waals surface area contributed by atoms with E-state index in [1.165, 1.54) is 0 Å². The van der Waals surface area contributed by atoms with Crippen molar-refractivity contribution < 1.29 is 29.1 Å². The van der Waals surface area contributed by atoms with Gasteiger partial charge in [-0.2, -0.15) is 12.6 Å². The number of hydrogen-bond donors (Lipinski definition) is 8. The van der Waals surface area contributed by atoms with Gasteiger partial charge in [0.05, 0.1) is 12.5 Å². The Morgan fingerprint density at radius 2 is 1.56 bits per heavy atom. The SMILES string of the molecule is CC(C)C(N)C(=O)NC(CS)C(=O)NC(Cc1c[nH]c2ccccc12)C(=O)NC(CC(N)=O)C(=O)O. The quantitative estimate of drug-likeness (QED) is 0.155. The number of rotatable bonds is 13. The molecule has 0 aliphatic heterocycles. The second-order valence-electron chi connectivity index (χ2n) is 8.71. The predicted octanol–water partition coefficient (Wildman–Crippen LogP) is -0.962. The second kappa shape index (κ2) is 12.9. The number of amides is 4. The molecule has 0 saturated heterocycles. The largest absolute Gasteiger partial charge is 0.480 e. The van der Waals surface area contributed by atoms with Gasteiger partial charge in [-0.1, -0.05) is 32.0 Å². The lowest BCUT2D eigenvalue weighted by molar-refractivity contribution is -0.143. The summed E-state index contributed by atoms with van der Waals surface area (Å²) in [4.78, 5) is 64.3. The van der Waals surface area contributed by atoms with Crippen LogP contribution in [0.3, 0.4) is 0 Å². The number of para-hydroxylation sites is 1. The van der Waals surface area contributed by atoms with Crippen LogP contribution >= 0.6 is 12.6 Å². The van der Waals surface area contributed by atoms with Crippen LogP contribution in [0.2, 0.25) is 0 Å². The fraction of sp³-hybridized carbons (Fsp3) is 0.435. The van der Waals surface area contributed by atoms with Crippen LogP contribution in [-0.2, 0) is 30.4 Å². The molecule has 0 aliphatic carbocycles. The molecule has 0 saturated carbocycles. The lowest BCUT2D eigenvalue weighted by Gasteiger charge is -2.25. The molecule has 2 rings (SSSR count). The number of aromatic nitrogens is 1. The fourth-order valence-corrected chi connectivity index (χ4v) is 3.70. The van der Waals surface area contributed by atoms with Gasteiger partial charge < -0.3 is 37.5 Å². The summed E-state index contributed by atoms with van der Waals surface area (Å²) in [6.07, 6.45) is 1.04. The van der Waals surface area contributed by atoms with Crippen molar-refractivity contribution in [1.82, 2.24) is 20.9 Å². The number of carbonyl (C=O) groups is 5. The molecule has 0 radical (unpaired) electrons. The van der Waals surface area contributed by atoms with Gasteiger partial charge in [-0.05, 0) is 17.5 Å². The third-order valence-electron chi connectivity index (χ3n) is 5.59. The van der Waals surface area contributed by atoms with Gasteiger partial charge in [-0.15, -0.1) is 0 Å². The summed E-state index contributed by atoms with van der Waals surface area (Å²) in [5, 5.41) is 17.5. The highest BCUT2D eigenvalue weighted by molar-refractivity contribution is 7.80. The zero-order valence-corrected chi connectivity index (χ0v) is 20.9. The van der Waals surface area contributed by atoms with Crippen molar-refractivity contribution in [2.45, 2.75) is 50.9 Å². The highest BCUT2D eigenvalue weighted by atomic mass is 32.1. The third kappa shape index (κ3) is 7.71. The standard InChI is InChI=1S/C23H32N6O6S/c1-11(2)19(25)22(33)29-17(10-36)21(32)27-15(20(31)28-16(23(34)35)8-18(24)30)7-12-9-26-14-6-4-3-5-13(12)14/h3-6,9,11,15-17,19,26,36H,7-8,10,25H2,1-2H3,(H2,24,30)(H,27,32)(H,28,31)(H,29,33)(H,34,35). The van der Waals surface area contributed by atoms with E-state index in [4.69, 9.17) is 11.5 Å². The fourth-order valence-electron chi connectivity index (χ4n) is 3.44. The van der Waals surface area contributed by atoms with Crippen molar-refractivity contribution in [1.29, 1.82) is 0 Å². The first-order valence-corrected chi connectivity index (χ1v) is 11.9. The summed E-state index contributed by atoms with van der Waals surface area (Å²) in [5.41, 5.74) is 12.4. The maximum Gasteiger partial charge on any atom is 0.326 e. The number of fused-ring (bicyclic) bond motifs is 1. The minimum absolute atomic E-state index is 0.0107. The van der Waals surface area contributed by atoms with Crippen LogP contribution < -0.4 is 27.4 Å². The number of primary amides is 1. The maximum absolute atomic E-state index is 13.1. The Morgan fingerprint density at radius 3 is 2.14 bits per heavy atom. The Balaban J connectivity index is 2.28. The molecule has 12 nitrogen and oxygen atoms in total. The Hall–Kier alpha value is -3.58. The molecule has 0 spiro atoms. The molecule has 4 atom stereocenters. The van der Waals surface area contributed by atoms with E-state index in [9.17, 15) is 29.1 Å². The van der Waals surface area contributed by atoms with Gasteiger partial charge in [-0.25, -0.2) is 4.79 Å². The molecule has 13 heteroatoms. The number of nitrogens with one attached hydrogen (secondary N) is 4. The summed E-state index contributed by atoms with van der Waals surface area (Å²) >= 11 is 4.13. The van der Waals surface area contributed by atoms with Gasteiger partial charge in [0.25, 0.3) is 0 Å². The van der Waals surface area contributed by atoms with Crippen LogP contribution in [-0.4, -0.2) is 69.6 Å². The zero-order chi connectivity index (χ0) is 27.0. The molecule has 1 aromatic heterocycles. The number of thiol groups is 1. The second-order valence-corrected chi connectivity index (χ2v) is 9.07. The van der Waals surface area contributed by atoms with E-state index in [0.29, 0.717) is 5.56 Å². The highest BCUT2D eigenvalue weighted by Gasteiger charge is 2.31. The minimum Gasteiger partial charge on any atom is -0.480 e. The summed E-state index contributed by atoms with van der Waals surface area (Å²) in [5.74, 6) is -4.73. The van der Waals surface area contributed by atoms with Crippen molar-refractivity contribution >= 4 is 53.1 Å². The van der Waals surface area contributed by atoms with Crippen molar-refractivity contribution in [3.05, 3.63) is 36.0 Å². The number of carbonyl (C=O) groups excluding carboxylic acids is 4. The number of H-pyrrole nitrogens is 1. The molecule has 36 heavy (non-hydrogen) atoms. The Kier molecular flexibility index (Phi) is 10.3. The van der Waals surface area contributed by atoms with Gasteiger partial charge in [0.1, 0.15) is 18.1 Å². The summed E-state index contributed by atoms with van der Waals surface area (Å²) < 4.78 is 0. The molecular weight excluding hydrogens is 488 g/mol. The number of aromatic amines is 1. The summed E-state index contributed by atoms with van der Waals surface area (Å²) in [7, 11) is 0. The average molecular weight is 521 g/mol.